The van der Waals surface area contributed by atoms with Crippen LogP contribution in [0.4, 0.5) is 4.39 Å². The smallest absolute Gasteiger partial charge is 0.163 e. The monoisotopic (exact) mass is 427 g/mol. The highest BCUT2D eigenvalue weighted by atomic mass is 19.1. The molecule has 0 bridgehead atoms. The highest BCUT2D eigenvalue weighted by Crippen LogP contribution is 2.33. The molecule has 7 heteroatoms. The van der Waals surface area contributed by atoms with Crippen molar-refractivity contribution in [3.05, 3.63) is 96.2 Å². The minimum atomic E-state index is -0.245. The highest BCUT2D eigenvalue weighted by Gasteiger charge is 2.17. The Bertz CT molecular complexity index is 1400. The van der Waals surface area contributed by atoms with Gasteiger partial charge in [-0.3, -0.25) is 0 Å². The standard InChI is InChI=1S/C25H22FN5O/c1-16-14-30(15-28-16)23-9-6-19(12-24(23)32-3)21-13-29-31-22(10-11-27-25(21)31)17(2)18-4-7-20(26)8-5-18/h4-15,17H,1-3H3. The Kier molecular flexibility index (Phi) is 4.93. The van der Waals surface area contributed by atoms with Crippen molar-refractivity contribution in [2.75, 3.05) is 7.11 Å². The summed E-state index contributed by atoms with van der Waals surface area (Å²) in [6, 6.07) is 14.5. The number of imidazole rings is 1. The Hall–Kier alpha value is -4.00. The number of aromatic nitrogens is 5. The molecule has 5 rings (SSSR count). The second kappa shape index (κ2) is 7.92. The van der Waals surface area contributed by atoms with Gasteiger partial charge in [-0.15, -0.1) is 0 Å². The molecule has 3 aromatic heterocycles. The van der Waals surface area contributed by atoms with Crippen LogP contribution in [0, 0.1) is 12.7 Å². The average Bonchev–Trinajstić information content (AvgIpc) is 3.45. The van der Waals surface area contributed by atoms with E-state index in [9.17, 15) is 4.39 Å². The lowest BCUT2D eigenvalue weighted by atomic mass is 9.97. The van der Waals surface area contributed by atoms with Crippen LogP contribution in [0.2, 0.25) is 0 Å². The van der Waals surface area contributed by atoms with Crippen LogP contribution >= 0.6 is 0 Å². The van der Waals surface area contributed by atoms with Crippen molar-refractivity contribution < 1.29 is 9.13 Å². The molecule has 0 aliphatic carbocycles. The Labute approximate surface area is 185 Å². The summed E-state index contributed by atoms with van der Waals surface area (Å²) in [7, 11) is 1.66. The van der Waals surface area contributed by atoms with Crippen LogP contribution in [0.5, 0.6) is 5.75 Å². The van der Waals surface area contributed by atoms with Crippen molar-refractivity contribution in [1.29, 1.82) is 0 Å². The first kappa shape index (κ1) is 19.9. The maximum absolute atomic E-state index is 13.4. The summed E-state index contributed by atoms with van der Waals surface area (Å²) >= 11 is 0. The Morgan fingerprint density at radius 3 is 2.56 bits per heavy atom. The van der Waals surface area contributed by atoms with Gasteiger partial charge in [0.2, 0.25) is 0 Å². The van der Waals surface area contributed by atoms with Gasteiger partial charge >= 0.3 is 0 Å². The van der Waals surface area contributed by atoms with Gasteiger partial charge in [-0.05, 0) is 48.4 Å². The zero-order chi connectivity index (χ0) is 22.2. The van der Waals surface area contributed by atoms with E-state index in [0.717, 1.165) is 45.2 Å². The molecule has 1 unspecified atom stereocenters. The third kappa shape index (κ3) is 3.41. The second-order valence-corrected chi connectivity index (χ2v) is 7.75. The van der Waals surface area contributed by atoms with Gasteiger partial charge in [0.1, 0.15) is 11.6 Å². The maximum Gasteiger partial charge on any atom is 0.163 e. The lowest BCUT2D eigenvalue weighted by molar-refractivity contribution is 0.413. The van der Waals surface area contributed by atoms with Crippen molar-refractivity contribution in [2.45, 2.75) is 19.8 Å². The van der Waals surface area contributed by atoms with Crippen molar-refractivity contribution in [3.8, 4) is 22.6 Å². The first-order chi connectivity index (χ1) is 15.5. The zero-order valence-corrected chi connectivity index (χ0v) is 18.0. The number of rotatable bonds is 5. The quantitative estimate of drug-likeness (QED) is 0.387. The Morgan fingerprint density at radius 1 is 1.03 bits per heavy atom. The molecule has 0 aliphatic rings. The summed E-state index contributed by atoms with van der Waals surface area (Å²) in [4.78, 5) is 8.89. The third-order valence-electron chi connectivity index (χ3n) is 5.72. The van der Waals surface area contributed by atoms with E-state index in [1.54, 1.807) is 31.8 Å². The zero-order valence-electron chi connectivity index (χ0n) is 18.0. The van der Waals surface area contributed by atoms with Gasteiger partial charge in [0.25, 0.3) is 0 Å². The fraction of sp³-hybridized carbons (Fsp3) is 0.160. The molecule has 0 amide bonds. The van der Waals surface area contributed by atoms with Crippen LogP contribution in [0.3, 0.4) is 0 Å². The minimum Gasteiger partial charge on any atom is -0.495 e. The fourth-order valence-electron chi connectivity index (χ4n) is 3.98. The molecule has 0 N–H and O–H groups in total. The largest absolute Gasteiger partial charge is 0.495 e. The Morgan fingerprint density at radius 2 is 1.84 bits per heavy atom. The number of aryl methyl sites for hydroxylation is 1. The summed E-state index contributed by atoms with van der Waals surface area (Å²) < 4.78 is 22.8. The normalized spacial score (nSPS) is 12.2. The van der Waals surface area contributed by atoms with Crippen molar-refractivity contribution in [3.63, 3.8) is 0 Å². The summed E-state index contributed by atoms with van der Waals surface area (Å²) in [5, 5.41) is 4.62. The van der Waals surface area contributed by atoms with E-state index in [1.165, 1.54) is 12.1 Å². The predicted molar refractivity (Wildman–Crippen MR) is 121 cm³/mol. The molecule has 5 aromatic rings. The minimum absolute atomic E-state index is 0.0234. The van der Waals surface area contributed by atoms with Crippen LogP contribution < -0.4 is 4.74 Å². The van der Waals surface area contributed by atoms with Crippen molar-refractivity contribution >= 4 is 5.65 Å². The molecule has 3 heterocycles. The van der Waals surface area contributed by atoms with E-state index in [2.05, 4.69) is 22.0 Å². The van der Waals surface area contributed by atoms with Gasteiger partial charge in [0, 0.05) is 23.9 Å². The average molecular weight is 427 g/mol. The molecular weight excluding hydrogens is 405 g/mol. The predicted octanol–water partition coefficient (Wildman–Crippen LogP) is 5.19. The molecular formula is C25H22FN5O. The number of benzene rings is 2. The SMILES string of the molecule is COc1cc(-c2cnn3c(C(C)c4ccc(F)cc4)ccnc23)ccc1-n1cnc(C)c1. The second-order valence-electron chi connectivity index (χ2n) is 7.75. The number of hydrogen-bond donors (Lipinski definition) is 0. The number of methoxy groups -OCH3 is 1. The third-order valence-corrected chi connectivity index (χ3v) is 5.72. The lowest BCUT2D eigenvalue weighted by Gasteiger charge is -2.14. The molecule has 0 saturated heterocycles. The first-order valence-electron chi connectivity index (χ1n) is 10.3. The van der Waals surface area contributed by atoms with Gasteiger partial charge in [-0.1, -0.05) is 25.1 Å². The molecule has 0 spiro atoms. The summed E-state index contributed by atoms with van der Waals surface area (Å²) in [6.07, 6.45) is 7.33. The highest BCUT2D eigenvalue weighted by molar-refractivity contribution is 5.79. The summed E-state index contributed by atoms with van der Waals surface area (Å²) in [6.45, 7) is 4.03. The molecule has 0 aliphatic heterocycles. The van der Waals surface area contributed by atoms with E-state index in [-0.39, 0.29) is 11.7 Å². The molecule has 6 nitrogen and oxygen atoms in total. The van der Waals surface area contributed by atoms with E-state index in [0.29, 0.717) is 0 Å². The molecule has 2 aromatic carbocycles. The number of hydrogen-bond acceptors (Lipinski definition) is 4. The number of halogens is 1. The van der Waals surface area contributed by atoms with E-state index in [1.807, 2.05) is 52.7 Å². The molecule has 32 heavy (non-hydrogen) atoms. The van der Waals surface area contributed by atoms with Gasteiger partial charge in [-0.25, -0.2) is 18.9 Å². The van der Waals surface area contributed by atoms with Crippen LogP contribution in [0.15, 0.2) is 73.4 Å². The van der Waals surface area contributed by atoms with Crippen LogP contribution in [0.25, 0.3) is 22.5 Å². The topological polar surface area (TPSA) is 57.2 Å². The van der Waals surface area contributed by atoms with Gasteiger partial charge in [0.05, 0.1) is 36.7 Å². The van der Waals surface area contributed by atoms with Crippen LogP contribution in [-0.4, -0.2) is 31.3 Å². The van der Waals surface area contributed by atoms with Crippen LogP contribution in [0.1, 0.15) is 29.8 Å². The molecule has 0 radical (unpaired) electrons. The first-order valence-corrected chi connectivity index (χ1v) is 10.3. The van der Waals surface area contributed by atoms with E-state index >= 15 is 0 Å². The number of fused-ring (bicyclic) bond motifs is 1. The molecule has 0 fully saturated rings. The number of ether oxygens (including phenoxy) is 1. The van der Waals surface area contributed by atoms with Gasteiger partial charge in [0.15, 0.2) is 5.65 Å². The van der Waals surface area contributed by atoms with E-state index < -0.39 is 0 Å². The number of nitrogens with zero attached hydrogens (tertiary/aromatic N) is 5. The Balaban J connectivity index is 1.57. The molecule has 160 valence electrons. The van der Waals surface area contributed by atoms with Gasteiger partial charge < -0.3 is 9.30 Å². The van der Waals surface area contributed by atoms with Crippen molar-refractivity contribution in [2.24, 2.45) is 0 Å². The summed E-state index contributed by atoms with van der Waals surface area (Å²) in [5.74, 6) is 0.510. The van der Waals surface area contributed by atoms with E-state index in [4.69, 9.17) is 4.74 Å². The van der Waals surface area contributed by atoms with Gasteiger partial charge in [-0.2, -0.15) is 5.10 Å². The maximum atomic E-state index is 13.4. The lowest BCUT2D eigenvalue weighted by Crippen LogP contribution is -2.05. The molecule has 1 atom stereocenters. The van der Waals surface area contributed by atoms with Crippen molar-refractivity contribution in [1.82, 2.24) is 24.1 Å². The summed E-state index contributed by atoms with van der Waals surface area (Å²) in [5.41, 5.74) is 6.45. The molecule has 0 saturated carbocycles. The van der Waals surface area contributed by atoms with Crippen LogP contribution in [-0.2, 0) is 0 Å². The fourth-order valence-corrected chi connectivity index (χ4v) is 3.98.